The normalized spacial score (nSPS) is 21.0. The van der Waals surface area contributed by atoms with E-state index in [0.29, 0.717) is 30.9 Å². The highest BCUT2D eigenvalue weighted by molar-refractivity contribution is 6.04. The van der Waals surface area contributed by atoms with E-state index >= 15 is 0 Å². The summed E-state index contributed by atoms with van der Waals surface area (Å²) in [7, 11) is 0. The van der Waals surface area contributed by atoms with Crippen molar-refractivity contribution in [3.63, 3.8) is 0 Å². The van der Waals surface area contributed by atoms with E-state index in [-0.39, 0.29) is 17.7 Å². The van der Waals surface area contributed by atoms with E-state index in [1.165, 1.54) is 0 Å². The number of nitrogens with two attached hydrogens (primary N) is 1. The van der Waals surface area contributed by atoms with Crippen LogP contribution in [0.25, 0.3) is 0 Å². The van der Waals surface area contributed by atoms with Crippen LogP contribution in [0.2, 0.25) is 0 Å². The maximum Gasteiger partial charge on any atom is 0.253 e. The third kappa shape index (κ3) is 3.80. The van der Waals surface area contributed by atoms with Gasteiger partial charge in [0, 0.05) is 19.7 Å². The molecule has 0 bridgehead atoms. The van der Waals surface area contributed by atoms with Gasteiger partial charge in [-0.05, 0) is 24.5 Å². The first-order valence-corrected chi connectivity index (χ1v) is 7.13. The van der Waals surface area contributed by atoms with E-state index < -0.39 is 6.10 Å². The highest BCUT2D eigenvalue weighted by Gasteiger charge is 2.31. The van der Waals surface area contributed by atoms with E-state index in [1.54, 1.807) is 24.3 Å². The number of amides is 2. The molecule has 1 heterocycles. The summed E-state index contributed by atoms with van der Waals surface area (Å²) >= 11 is 0. The Morgan fingerprint density at radius 3 is 2.81 bits per heavy atom. The van der Waals surface area contributed by atoms with Crippen molar-refractivity contribution in [2.45, 2.75) is 19.4 Å². The first kappa shape index (κ1) is 15.5. The molecular weight excluding hydrogens is 270 g/mol. The number of nitrogens with one attached hydrogen (secondary N) is 2. The lowest BCUT2D eigenvalue weighted by Gasteiger charge is -2.16. The van der Waals surface area contributed by atoms with Crippen molar-refractivity contribution in [3.8, 4) is 0 Å². The minimum atomic E-state index is -0.454. The molecule has 2 unspecified atom stereocenters. The lowest BCUT2D eigenvalue weighted by molar-refractivity contribution is -0.126. The SMILES string of the molecule is CC1CCOC1C(=O)Nc1ccccc1C(=O)NCCN. The molecule has 0 spiro atoms. The summed E-state index contributed by atoms with van der Waals surface area (Å²) in [6, 6.07) is 6.89. The van der Waals surface area contributed by atoms with Crippen LogP contribution >= 0.6 is 0 Å². The smallest absolute Gasteiger partial charge is 0.253 e. The Labute approximate surface area is 124 Å². The molecule has 1 aromatic carbocycles. The largest absolute Gasteiger partial charge is 0.368 e. The first-order chi connectivity index (χ1) is 10.1. The van der Waals surface area contributed by atoms with Crippen LogP contribution in [0.15, 0.2) is 24.3 Å². The van der Waals surface area contributed by atoms with Crippen molar-refractivity contribution in [2.75, 3.05) is 25.0 Å². The molecule has 1 fully saturated rings. The zero-order valence-corrected chi connectivity index (χ0v) is 12.1. The second-order valence-electron chi connectivity index (χ2n) is 5.14. The van der Waals surface area contributed by atoms with Gasteiger partial charge < -0.3 is 21.1 Å². The molecule has 2 amide bonds. The van der Waals surface area contributed by atoms with Gasteiger partial charge in [0.1, 0.15) is 6.10 Å². The maximum atomic E-state index is 12.2. The van der Waals surface area contributed by atoms with Gasteiger partial charge in [0.05, 0.1) is 11.3 Å². The summed E-state index contributed by atoms with van der Waals surface area (Å²) in [5.41, 5.74) is 6.28. The second-order valence-corrected chi connectivity index (χ2v) is 5.14. The highest BCUT2D eigenvalue weighted by atomic mass is 16.5. The number of hydrogen-bond acceptors (Lipinski definition) is 4. The Morgan fingerprint density at radius 1 is 1.38 bits per heavy atom. The average molecular weight is 291 g/mol. The summed E-state index contributed by atoms with van der Waals surface area (Å²) in [4.78, 5) is 24.3. The van der Waals surface area contributed by atoms with Gasteiger partial charge in [0.15, 0.2) is 0 Å². The van der Waals surface area contributed by atoms with Gasteiger partial charge in [-0.2, -0.15) is 0 Å². The van der Waals surface area contributed by atoms with Crippen molar-refractivity contribution < 1.29 is 14.3 Å². The van der Waals surface area contributed by atoms with Gasteiger partial charge in [0.25, 0.3) is 11.8 Å². The molecule has 1 aliphatic heterocycles. The van der Waals surface area contributed by atoms with Gasteiger partial charge in [0.2, 0.25) is 0 Å². The zero-order chi connectivity index (χ0) is 15.2. The molecular formula is C15H21N3O3. The molecule has 1 saturated heterocycles. The fourth-order valence-corrected chi connectivity index (χ4v) is 2.31. The van der Waals surface area contributed by atoms with Gasteiger partial charge in [-0.25, -0.2) is 0 Å². The van der Waals surface area contributed by atoms with Gasteiger partial charge in [-0.1, -0.05) is 19.1 Å². The second kappa shape index (κ2) is 7.19. The van der Waals surface area contributed by atoms with Crippen molar-refractivity contribution in [2.24, 2.45) is 11.7 Å². The Balaban J connectivity index is 2.09. The Hall–Kier alpha value is -1.92. The minimum absolute atomic E-state index is 0.184. The molecule has 0 aliphatic carbocycles. The lowest BCUT2D eigenvalue weighted by atomic mass is 10.0. The third-order valence-corrected chi connectivity index (χ3v) is 3.51. The summed E-state index contributed by atoms with van der Waals surface area (Å²) < 4.78 is 5.44. The topological polar surface area (TPSA) is 93.4 Å². The number of carbonyl (C=O) groups is 2. The van der Waals surface area contributed by atoms with E-state index in [1.807, 2.05) is 6.92 Å². The molecule has 0 aromatic heterocycles. The lowest BCUT2D eigenvalue weighted by Crippen LogP contribution is -2.33. The van der Waals surface area contributed by atoms with Crippen LogP contribution in [0.3, 0.4) is 0 Å². The fourth-order valence-electron chi connectivity index (χ4n) is 2.31. The summed E-state index contributed by atoms with van der Waals surface area (Å²) in [5, 5.41) is 5.48. The zero-order valence-electron chi connectivity index (χ0n) is 12.1. The molecule has 4 N–H and O–H groups in total. The quantitative estimate of drug-likeness (QED) is 0.746. The van der Waals surface area contributed by atoms with Gasteiger partial charge in [-0.3, -0.25) is 9.59 Å². The Kier molecular flexibility index (Phi) is 5.30. The van der Waals surface area contributed by atoms with Crippen LogP contribution in [-0.2, 0) is 9.53 Å². The molecule has 1 aliphatic rings. The highest BCUT2D eigenvalue weighted by Crippen LogP contribution is 2.22. The van der Waals surface area contributed by atoms with Crippen LogP contribution in [0.1, 0.15) is 23.7 Å². The van der Waals surface area contributed by atoms with Gasteiger partial charge in [-0.15, -0.1) is 0 Å². The van der Waals surface area contributed by atoms with Gasteiger partial charge >= 0.3 is 0 Å². The number of ether oxygens (including phenoxy) is 1. The van der Waals surface area contributed by atoms with Crippen molar-refractivity contribution in [1.82, 2.24) is 5.32 Å². The standard InChI is InChI=1S/C15H21N3O3/c1-10-6-9-21-13(10)15(20)18-12-5-3-2-4-11(12)14(19)17-8-7-16/h2-5,10,13H,6-9,16H2,1H3,(H,17,19)(H,18,20). The number of benzene rings is 1. The van der Waals surface area contributed by atoms with Crippen LogP contribution in [0.5, 0.6) is 0 Å². The average Bonchev–Trinajstić information content (AvgIpc) is 2.91. The fraction of sp³-hybridized carbons (Fsp3) is 0.467. The van der Waals surface area contributed by atoms with Crippen molar-refractivity contribution in [3.05, 3.63) is 29.8 Å². The maximum absolute atomic E-state index is 12.2. The molecule has 1 aromatic rings. The van der Waals surface area contributed by atoms with E-state index in [4.69, 9.17) is 10.5 Å². The molecule has 0 radical (unpaired) electrons. The van der Waals surface area contributed by atoms with Crippen LogP contribution in [-0.4, -0.2) is 37.6 Å². The number of carbonyl (C=O) groups excluding carboxylic acids is 2. The number of para-hydroxylation sites is 1. The van der Waals surface area contributed by atoms with E-state index in [0.717, 1.165) is 6.42 Å². The Bertz CT molecular complexity index is 519. The third-order valence-electron chi connectivity index (χ3n) is 3.51. The first-order valence-electron chi connectivity index (χ1n) is 7.13. The molecule has 2 atom stereocenters. The predicted molar refractivity (Wildman–Crippen MR) is 80.0 cm³/mol. The molecule has 0 saturated carbocycles. The molecule has 6 nitrogen and oxygen atoms in total. The van der Waals surface area contributed by atoms with Crippen LogP contribution in [0.4, 0.5) is 5.69 Å². The van der Waals surface area contributed by atoms with Crippen molar-refractivity contribution >= 4 is 17.5 Å². The minimum Gasteiger partial charge on any atom is -0.368 e. The number of anilines is 1. The molecule has 2 rings (SSSR count). The molecule has 6 heteroatoms. The monoisotopic (exact) mass is 291 g/mol. The van der Waals surface area contributed by atoms with E-state index in [2.05, 4.69) is 10.6 Å². The molecule has 114 valence electrons. The number of hydrogen-bond donors (Lipinski definition) is 3. The summed E-state index contributed by atoms with van der Waals surface area (Å²) in [6.07, 6.45) is 0.418. The van der Waals surface area contributed by atoms with Crippen LogP contribution in [0, 0.1) is 5.92 Å². The van der Waals surface area contributed by atoms with Crippen molar-refractivity contribution in [1.29, 1.82) is 0 Å². The summed E-state index contributed by atoms with van der Waals surface area (Å²) in [6.45, 7) is 3.34. The van der Waals surface area contributed by atoms with E-state index in [9.17, 15) is 9.59 Å². The molecule has 21 heavy (non-hydrogen) atoms. The number of rotatable bonds is 5. The Morgan fingerprint density at radius 2 is 2.14 bits per heavy atom. The summed E-state index contributed by atoms with van der Waals surface area (Å²) in [5.74, 6) is -0.279. The van der Waals surface area contributed by atoms with Crippen LogP contribution < -0.4 is 16.4 Å². The predicted octanol–water partition coefficient (Wildman–Crippen LogP) is 0.739.